The second-order valence-corrected chi connectivity index (χ2v) is 4.31. The number of carbonyl (C=O) groups is 1. The van der Waals surface area contributed by atoms with Crippen molar-refractivity contribution >= 4 is 11.5 Å². The average molecular weight is 264 g/mol. The molecule has 0 aliphatic heterocycles. The van der Waals surface area contributed by atoms with Gasteiger partial charge in [0.2, 0.25) is 0 Å². The van der Waals surface area contributed by atoms with Gasteiger partial charge in [0.05, 0.1) is 35.3 Å². The van der Waals surface area contributed by atoms with E-state index in [9.17, 15) is 14.9 Å². The first kappa shape index (κ1) is 14.9. The van der Waals surface area contributed by atoms with Crippen molar-refractivity contribution in [2.24, 2.45) is 5.92 Å². The Bertz CT molecular complexity index is 503. The van der Waals surface area contributed by atoms with Gasteiger partial charge >= 0.3 is 0 Å². The predicted molar refractivity (Wildman–Crippen MR) is 68.7 cm³/mol. The number of H-pyrrole nitrogens is 1. The van der Waals surface area contributed by atoms with Crippen LogP contribution in [0.2, 0.25) is 0 Å². The van der Waals surface area contributed by atoms with Crippen molar-refractivity contribution in [1.29, 1.82) is 5.26 Å². The van der Waals surface area contributed by atoms with Gasteiger partial charge in [0.25, 0.3) is 5.69 Å². The van der Waals surface area contributed by atoms with Crippen molar-refractivity contribution in [1.82, 2.24) is 9.88 Å². The summed E-state index contributed by atoms with van der Waals surface area (Å²) in [5.74, 6) is -0.384. The van der Waals surface area contributed by atoms with Crippen LogP contribution in [0.4, 0.5) is 5.69 Å². The van der Waals surface area contributed by atoms with Crippen LogP contribution in [-0.4, -0.2) is 40.2 Å². The number of rotatable bonds is 7. The van der Waals surface area contributed by atoms with Crippen LogP contribution >= 0.6 is 0 Å². The van der Waals surface area contributed by atoms with Gasteiger partial charge < -0.3 is 4.98 Å². The van der Waals surface area contributed by atoms with E-state index in [0.717, 1.165) is 0 Å². The summed E-state index contributed by atoms with van der Waals surface area (Å²) in [5.41, 5.74) is 0.0894. The molecule has 7 heteroatoms. The van der Waals surface area contributed by atoms with Crippen LogP contribution in [0.1, 0.15) is 24.3 Å². The Morgan fingerprint density at radius 3 is 2.84 bits per heavy atom. The summed E-state index contributed by atoms with van der Waals surface area (Å²) in [6.07, 6.45) is 1.20. The Morgan fingerprint density at radius 1 is 1.68 bits per heavy atom. The van der Waals surface area contributed by atoms with Gasteiger partial charge in [0.15, 0.2) is 5.78 Å². The minimum atomic E-state index is -0.553. The third kappa shape index (κ3) is 4.19. The van der Waals surface area contributed by atoms with E-state index in [2.05, 4.69) is 11.1 Å². The van der Waals surface area contributed by atoms with Gasteiger partial charge in [-0.3, -0.25) is 19.8 Å². The summed E-state index contributed by atoms with van der Waals surface area (Å²) in [4.78, 5) is 26.4. The van der Waals surface area contributed by atoms with Crippen LogP contribution in [0, 0.1) is 27.4 Å². The Kier molecular flexibility index (Phi) is 5.21. The molecule has 0 bridgehead atoms. The second-order valence-electron chi connectivity index (χ2n) is 4.31. The molecule has 1 rings (SSSR count). The molecule has 1 aromatic rings. The second kappa shape index (κ2) is 6.66. The van der Waals surface area contributed by atoms with Gasteiger partial charge in [0, 0.05) is 12.6 Å². The topological polar surface area (TPSA) is 103 Å². The summed E-state index contributed by atoms with van der Waals surface area (Å²) in [6, 6.07) is 3.34. The van der Waals surface area contributed by atoms with Gasteiger partial charge in [-0.15, -0.1) is 0 Å². The van der Waals surface area contributed by atoms with E-state index in [1.807, 2.05) is 11.8 Å². The van der Waals surface area contributed by atoms with Gasteiger partial charge in [-0.25, -0.2) is 0 Å². The number of nitro groups is 1. The number of Topliss-reactive ketones (excluding diaryl/α,β-unsaturated/α-hetero) is 1. The highest BCUT2D eigenvalue weighted by atomic mass is 16.6. The molecule has 1 N–H and O–H groups in total. The van der Waals surface area contributed by atoms with E-state index >= 15 is 0 Å². The third-order valence-corrected chi connectivity index (χ3v) is 2.75. The normalized spacial score (nSPS) is 12.1. The number of hydrogen-bond acceptors (Lipinski definition) is 5. The molecule has 1 aromatic heterocycles. The van der Waals surface area contributed by atoms with Gasteiger partial charge in [-0.1, -0.05) is 6.92 Å². The van der Waals surface area contributed by atoms with Crippen molar-refractivity contribution in [3.05, 3.63) is 28.1 Å². The van der Waals surface area contributed by atoms with E-state index in [1.54, 1.807) is 6.92 Å². The lowest BCUT2D eigenvalue weighted by Gasteiger charge is -2.20. The predicted octanol–water partition coefficient (Wildman–Crippen LogP) is 1.59. The van der Waals surface area contributed by atoms with Crippen molar-refractivity contribution in [2.75, 3.05) is 19.6 Å². The molecule has 0 aliphatic carbocycles. The lowest BCUT2D eigenvalue weighted by Crippen LogP contribution is -2.33. The van der Waals surface area contributed by atoms with Crippen LogP contribution in [0.5, 0.6) is 0 Å². The lowest BCUT2D eigenvalue weighted by molar-refractivity contribution is -0.384. The molecule has 102 valence electrons. The SMILES string of the molecule is CCN(CC(=O)c1cc([N+](=O)[O-])c[nH]1)CC(C)C#N. The molecule has 0 amide bonds. The first-order valence-corrected chi connectivity index (χ1v) is 5.95. The molecule has 0 aliphatic rings. The maximum atomic E-state index is 11.9. The summed E-state index contributed by atoms with van der Waals surface area (Å²) >= 11 is 0. The van der Waals surface area contributed by atoms with Gasteiger partial charge in [0.1, 0.15) is 0 Å². The molecule has 7 nitrogen and oxygen atoms in total. The first-order valence-electron chi connectivity index (χ1n) is 5.95. The largest absolute Gasteiger partial charge is 0.353 e. The maximum absolute atomic E-state index is 11.9. The molecular formula is C12H16N4O3. The maximum Gasteiger partial charge on any atom is 0.287 e. The third-order valence-electron chi connectivity index (χ3n) is 2.75. The Morgan fingerprint density at radius 2 is 2.37 bits per heavy atom. The lowest BCUT2D eigenvalue weighted by atomic mass is 10.2. The fraction of sp³-hybridized carbons (Fsp3) is 0.500. The van der Waals surface area contributed by atoms with E-state index in [4.69, 9.17) is 5.26 Å². The van der Waals surface area contributed by atoms with Crippen molar-refractivity contribution in [3.63, 3.8) is 0 Å². The number of carbonyl (C=O) groups excluding carboxylic acids is 1. The molecule has 1 unspecified atom stereocenters. The molecule has 1 atom stereocenters. The van der Waals surface area contributed by atoms with Crippen molar-refractivity contribution in [2.45, 2.75) is 13.8 Å². The zero-order valence-corrected chi connectivity index (χ0v) is 10.9. The number of likely N-dealkylation sites (N-methyl/N-ethyl adjacent to an activating group) is 1. The van der Waals surface area contributed by atoms with Crippen LogP contribution in [0.15, 0.2) is 12.3 Å². The summed E-state index contributed by atoms with van der Waals surface area (Å²) in [5, 5.41) is 19.3. The molecule has 0 saturated carbocycles. The standard InChI is InChI=1S/C12H16N4O3/c1-3-15(7-9(2)5-13)8-12(17)11-4-10(6-14-11)16(18)19/h4,6,9,14H,3,7-8H2,1-2H3. The average Bonchev–Trinajstić information content (AvgIpc) is 2.87. The number of nitriles is 1. The van der Waals surface area contributed by atoms with Crippen LogP contribution in [-0.2, 0) is 0 Å². The Labute approximate surface area is 111 Å². The molecule has 19 heavy (non-hydrogen) atoms. The van der Waals surface area contributed by atoms with E-state index < -0.39 is 4.92 Å². The quantitative estimate of drug-likeness (QED) is 0.457. The van der Waals surface area contributed by atoms with Crippen molar-refractivity contribution in [3.8, 4) is 6.07 Å². The summed E-state index contributed by atoms with van der Waals surface area (Å²) in [6.45, 7) is 4.96. The van der Waals surface area contributed by atoms with Crippen LogP contribution in [0.25, 0.3) is 0 Å². The molecule has 0 fully saturated rings. The van der Waals surface area contributed by atoms with E-state index in [0.29, 0.717) is 13.1 Å². The van der Waals surface area contributed by atoms with Gasteiger partial charge in [-0.2, -0.15) is 5.26 Å². The summed E-state index contributed by atoms with van der Waals surface area (Å²) in [7, 11) is 0. The minimum absolute atomic E-state index is 0.128. The molecule has 1 heterocycles. The first-order chi connectivity index (χ1) is 8.97. The number of hydrogen-bond donors (Lipinski definition) is 1. The fourth-order valence-corrected chi connectivity index (χ4v) is 1.67. The Hall–Kier alpha value is -2.20. The molecule has 0 radical (unpaired) electrons. The number of nitrogens with zero attached hydrogens (tertiary/aromatic N) is 3. The number of ketones is 1. The summed E-state index contributed by atoms with van der Waals surface area (Å²) < 4.78 is 0. The van der Waals surface area contributed by atoms with E-state index in [-0.39, 0.29) is 29.6 Å². The highest BCUT2D eigenvalue weighted by Gasteiger charge is 2.17. The monoisotopic (exact) mass is 264 g/mol. The smallest absolute Gasteiger partial charge is 0.287 e. The number of aromatic amines is 1. The highest BCUT2D eigenvalue weighted by molar-refractivity contribution is 5.96. The van der Waals surface area contributed by atoms with Gasteiger partial charge in [-0.05, 0) is 13.5 Å². The molecule has 0 saturated heterocycles. The zero-order valence-electron chi connectivity index (χ0n) is 10.9. The number of nitrogens with one attached hydrogen (secondary N) is 1. The molecule has 0 aromatic carbocycles. The number of aromatic nitrogens is 1. The van der Waals surface area contributed by atoms with E-state index in [1.165, 1.54) is 12.3 Å². The fourth-order valence-electron chi connectivity index (χ4n) is 1.67. The molecular weight excluding hydrogens is 248 g/mol. The van der Waals surface area contributed by atoms with Crippen LogP contribution in [0.3, 0.4) is 0 Å². The zero-order chi connectivity index (χ0) is 14.4. The van der Waals surface area contributed by atoms with Crippen LogP contribution < -0.4 is 0 Å². The minimum Gasteiger partial charge on any atom is -0.353 e. The molecule has 0 spiro atoms. The van der Waals surface area contributed by atoms with Crippen molar-refractivity contribution < 1.29 is 9.72 Å². The highest BCUT2D eigenvalue weighted by Crippen LogP contribution is 2.13. The Balaban J connectivity index is 2.66.